The first-order valence-electron chi connectivity index (χ1n) is 5.16. The third-order valence-electron chi connectivity index (χ3n) is 2.21. The van der Waals surface area contributed by atoms with E-state index >= 15 is 0 Å². The molecule has 4 nitrogen and oxygen atoms in total. The summed E-state index contributed by atoms with van der Waals surface area (Å²) >= 11 is 0. The summed E-state index contributed by atoms with van der Waals surface area (Å²) in [6.07, 6.45) is 2.30. The summed E-state index contributed by atoms with van der Waals surface area (Å²) in [6.45, 7) is 0.0643. The van der Waals surface area contributed by atoms with E-state index in [1.807, 2.05) is 30.3 Å². The molecule has 0 amide bonds. The van der Waals surface area contributed by atoms with Gasteiger partial charge in [0.25, 0.3) is 0 Å². The normalized spacial score (nSPS) is 13.6. The van der Waals surface area contributed by atoms with Crippen molar-refractivity contribution in [1.29, 1.82) is 0 Å². The molecule has 0 saturated carbocycles. The summed E-state index contributed by atoms with van der Waals surface area (Å²) in [4.78, 5) is 0. The Hall–Kier alpha value is -0.910. The Balaban J connectivity index is 2.79. The van der Waals surface area contributed by atoms with Gasteiger partial charge in [0.2, 0.25) is 10.0 Å². The van der Waals surface area contributed by atoms with E-state index in [-0.39, 0.29) is 12.6 Å². The van der Waals surface area contributed by atoms with Crippen molar-refractivity contribution in [2.24, 2.45) is 0 Å². The Bertz CT molecular complexity index is 402. The zero-order valence-corrected chi connectivity index (χ0v) is 10.1. The number of hydrogen-bond acceptors (Lipinski definition) is 3. The van der Waals surface area contributed by atoms with Crippen molar-refractivity contribution in [3.05, 3.63) is 35.9 Å². The second-order valence-corrected chi connectivity index (χ2v) is 5.50. The maximum atomic E-state index is 11.2. The molecule has 1 aromatic rings. The van der Waals surface area contributed by atoms with Crippen LogP contribution in [-0.2, 0) is 10.0 Å². The minimum Gasteiger partial charge on any atom is -0.396 e. The van der Waals surface area contributed by atoms with Crippen LogP contribution < -0.4 is 4.72 Å². The summed E-state index contributed by atoms with van der Waals surface area (Å²) in [5.41, 5.74) is 0.918. The highest BCUT2D eigenvalue weighted by atomic mass is 32.2. The Morgan fingerprint density at radius 3 is 2.44 bits per heavy atom. The number of rotatable bonds is 6. The van der Waals surface area contributed by atoms with Gasteiger partial charge in [0, 0.05) is 12.6 Å². The van der Waals surface area contributed by atoms with Crippen LogP contribution in [0.15, 0.2) is 30.3 Å². The molecule has 0 bridgehead atoms. The fourth-order valence-electron chi connectivity index (χ4n) is 1.53. The highest BCUT2D eigenvalue weighted by Gasteiger charge is 2.14. The molecule has 16 heavy (non-hydrogen) atoms. The first kappa shape index (κ1) is 13.2. The van der Waals surface area contributed by atoms with Crippen molar-refractivity contribution >= 4 is 10.0 Å². The van der Waals surface area contributed by atoms with Gasteiger partial charge in [-0.25, -0.2) is 13.1 Å². The Morgan fingerprint density at radius 2 is 1.94 bits per heavy atom. The third kappa shape index (κ3) is 4.74. The minimum absolute atomic E-state index is 0.0643. The van der Waals surface area contributed by atoms with Crippen LogP contribution in [0.5, 0.6) is 0 Å². The molecular weight excluding hydrogens is 226 g/mol. The molecule has 0 aromatic heterocycles. The van der Waals surface area contributed by atoms with Gasteiger partial charge in [-0.05, 0) is 18.4 Å². The lowest BCUT2D eigenvalue weighted by Crippen LogP contribution is -2.27. The van der Waals surface area contributed by atoms with Crippen LogP contribution >= 0.6 is 0 Å². The summed E-state index contributed by atoms with van der Waals surface area (Å²) in [5, 5.41) is 8.78. The van der Waals surface area contributed by atoms with Crippen molar-refractivity contribution < 1.29 is 13.5 Å². The Morgan fingerprint density at radius 1 is 1.31 bits per heavy atom. The van der Waals surface area contributed by atoms with Crippen molar-refractivity contribution in [3.8, 4) is 0 Å². The molecule has 0 aliphatic rings. The van der Waals surface area contributed by atoms with Crippen LogP contribution in [0.2, 0.25) is 0 Å². The van der Waals surface area contributed by atoms with E-state index in [2.05, 4.69) is 4.72 Å². The van der Waals surface area contributed by atoms with Gasteiger partial charge in [-0.1, -0.05) is 30.3 Å². The molecule has 1 atom stereocenters. The number of hydrogen-bond donors (Lipinski definition) is 2. The van der Waals surface area contributed by atoms with Crippen molar-refractivity contribution in [1.82, 2.24) is 4.72 Å². The molecule has 0 saturated heterocycles. The molecule has 0 fully saturated rings. The molecule has 1 unspecified atom stereocenters. The van der Waals surface area contributed by atoms with Gasteiger partial charge in [0.05, 0.1) is 6.26 Å². The fourth-order valence-corrected chi connectivity index (χ4v) is 2.30. The van der Waals surface area contributed by atoms with Crippen LogP contribution in [0.25, 0.3) is 0 Å². The van der Waals surface area contributed by atoms with E-state index in [0.717, 1.165) is 11.8 Å². The molecule has 5 heteroatoms. The lowest BCUT2D eigenvalue weighted by molar-refractivity contribution is 0.278. The summed E-state index contributed by atoms with van der Waals surface area (Å²) < 4.78 is 25.0. The maximum Gasteiger partial charge on any atom is 0.209 e. The average Bonchev–Trinajstić information content (AvgIpc) is 2.24. The molecule has 1 aromatic carbocycles. The summed E-state index contributed by atoms with van der Waals surface area (Å²) in [7, 11) is -3.23. The second kappa shape index (κ2) is 5.98. The van der Waals surface area contributed by atoms with Crippen LogP contribution in [0, 0.1) is 0 Å². The molecule has 0 aliphatic carbocycles. The molecule has 90 valence electrons. The molecule has 0 aliphatic heterocycles. The zero-order valence-electron chi connectivity index (χ0n) is 9.26. The largest absolute Gasteiger partial charge is 0.396 e. The van der Waals surface area contributed by atoms with Crippen molar-refractivity contribution in [2.75, 3.05) is 12.9 Å². The summed E-state index contributed by atoms with van der Waals surface area (Å²) in [6, 6.07) is 9.10. The van der Waals surface area contributed by atoms with Gasteiger partial charge in [-0.2, -0.15) is 0 Å². The SMILES string of the molecule is CS(=O)(=O)NC(CCCO)c1ccccc1. The number of sulfonamides is 1. The third-order valence-corrected chi connectivity index (χ3v) is 2.92. The van der Waals surface area contributed by atoms with Crippen LogP contribution in [0.1, 0.15) is 24.4 Å². The van der Waals surface area contributed by atoms with Gasteiger partial charge in [0.1, 0.15) is 0 Å². The number of aliphatic hydroxyl groups excluding tert-OH is 1. The lowest BCUT2D eigenvalue weighted by atomic mass is 10.0. The fraction of sp³-hybridized carbons (Fsp3) is 0.455. The highest BCUT2D eigenvalue weighted by molar-refractivity contribution is 7.88. The zero-order chi connectivity index (χ0) is 12.0. The first-order valence-corrected chi connectivity index (χ1v) is 7.05. The van der Waals surface area contributed by atoms with Crippen molar-refractivity contribution in [2.45, 2.75) is 18.9 Å². The van der Waals surface area contributed by atoms with Crippen LogP contribution in [0.3, 0.4) is 0 Å². The van der Waals surface area contributed by atoms with Crippen LogP contribution in [-0.4, -0.2) is 26.4 Å². The van der Waals surface area contributed by atoms with E-state index in [1.54, 1.807) is 0 Å². The van der Waals surface area contributed by atoms with Crippen LogP contribution in [0.4, 0.5) is 0 Å². The Kier molecular flexibility index (Phi) is 4.92. The van der Waals surface area contributed by atoms with Gasteiger partial charge < -0.3 is 5.11 Å². The quantitative estimate of drug-likeness (QED) is 0.785. The smallest absolute Gasteiger partial charge is 0.209 e. The molecule has 0 radical (unpaired) electrons. The van der Waals surface area contributed by atoms with Crippen molar-refractivity contribution in [3.63, 3.8) is 0 Å². The maximum absolute atomic E-state index is 11.2. The van der Waals surface area contributed by atoms with E-state index in [1.165, 1.54) is 0 Å². The molecular formula is C11H17NO3S. The van der Waals surface area contributed by atoms with E-state index < -0.39 is 10.0 Å². The second-order valence-electron chi connectivity index (χ2n) is 3.72. The predicted molar refractivity (Wildman–Crippen MR) is 63.5 cm³/mol. The minimum atomic E-state index is -3.23. The number of nitrogens with one attached hydrogen (secondary N) is 1. The van der Waals surface area contributed by atoms with E-state index in [0.29, 0.717) is 12.8 Å². The van der Waals surface area contributed by atoms with Gasteiger partial charge in [0.15, 0.2) is 0 Å². The monoisotopic (exact) mass is 243 g/mol. The average molecular weight is 243 g/mol. The number of benzene rings is 1. The lowest BCUT2D eigenvalue weighted by Gasteiger charge is -2.17. The highest BCUT2D eigenvalue weighted by Crippen LogP contribution is 2.18. The topological polar surface area (TPSA) is 66.4 Å². The molecule has 1 rings (SSSR count). The molecule has 0 heterocycles. The molecule has 2 N–H and O–H groups in total. The Labute approximate surface area is 96.4 Å². The number of aliphatic hydroxyl groups is 1. The molecule has 0 spiro atoms. The first-order chi connectivity index (χ1) is 7.53. The van der Waals surface area contributed by atoms with E-state index in [4.69, 9.17) is 5.11 Å². The van der Waals surface area contributed by atoms with Gasteiger partial charge >= 0.3 is 0 Å². The van der Waals surface area contributed by atoms with Gasteiger partial charge in [-0.3, -0.25) is 0 Å². The van der Waals surface area contributed by atoms with Gasteiger partial charge in [-0.15, -0.1) is 0 Å². The standard InChI is InChI=1S/C11H17NO3S/c1-16(14,15)12-11(8-5-9-13)10-6-3-2-4-7-10/h2-4,6-7,11-13H,5,8-9H2,1H3. The van der Waals surface area contributed by atoms with E-state index in [9.17, 15) is 8.42 Å². The summed E-state index contributed by atoms with van der Waals surface area (Å²) in [5.74, 6) is 0. The predicted octanol–water partition coefficient (Wildman–Crippen LogP) is 1.05.